The highest BCUT2D eigenvalue weighted by molar-refractivity contribution is 5.49. The molecule has 0 radical (unpaired) electrons. The lowest BCUT2D eigenvalue weighted by atomic mass is 10.1. The molecule has 0 aromatic rings. The van der Waals surface area contributed by atoms with Gasteiger partial charge in [0.25, 0.3) is 0 Å². The van der Waals surface area contributed by atoms with Crippen molar-refractivity contribution < 1.29 is 4.79 Å². The molecule has 0 aromatic heterocycles. The molecule has 0 bridgehead atoms. The Morgan fingerprint density at radius 1 is 0.917 bits per heavy atom. The summed E-state index contributed by atoms with van der Waals surface area (Å²) in [7, 11) is 0. The summed E-state index contributed by atoms with van der Waals surface area (Å²) >= 11 is 0. The van der Waals surface area contributed by atoms with Gasteiger partial charge in [-0.25, -0.2) is 0 Å². The molecule has 0 spiro atoms. The van der Waals surface area contributed by atoms with Gasteiger partial charge in [0.2, 0.25) is 0 Å². The predicted octanol–water partition coefficient (Wildman–Crippen LogP) is 3.49. The molecule has 1 nitrogen and oxygen atoms in total. The van der Waals surface area contributed by atoms with Gasteiger partial charge in [-0.1, -0.05) is 38.3 Å². The fourth-order valence-corrected chi connectivity index (χ4v) is 1.09. The average molecular weight is 168 g/mol. The minimum absolute atomic E-state index is 0.672. The van der Waals surface area contributed by atoms with Crippen molar-refractivity contribution in [1.29, 1.82) is 0 Å². The summed E-state index contributed by atoms with van der Waals surface area (Å²) in [4.78, 5) is 9.95. The van der Waals surface area contributed by atoms with E-state index in [9.17, 15) is 4.79 Å². The van der Waals surface area contributed by atoms with Crippen molar-refractivity contribution >= 4 is 6.29 Å². The van der Waals surface area contributed by atoms with Crippen molar-refractivity contribution in [3.05, 3.63) is 12.2 Å². The summed E-state index contributed by atoms with van der Waals surface area (Å²) in [6.45, 7) is 2.22. The second-order valence-electron chi connectivity index (χ2n) is 3.06. The Kier molecular flexibility index (Phi) is 9.90. The van der Waals surface area contributed by atoms with E-state index in [-0.39, 0.29) is 0 Å². The van der Waals surface area contributed by atoms with Crippen LogP contribution in [0, 0.1) is 0 Å². The number of rotatable bonds is 8. The number of carbonyl (C=O) groups is 1. The molecule has 0 atom stereocenters. The lowest BCUT2D eigenvalue weighted by Gasteiger charge is -1.93. The summed E-state index contributed by atoms with van der Waals surface area (Å²) < 4.78 is 0. The second-order valence-corrected chi connectivity index (χ2v) is 3.06. The number of carbonyl (C=O) groups excluding carboxylic acids is 1. The molecule has 0 saturated carbocycles. The van der Waals surface area contributed by atoms with E-state index in [1.807, 2.05) is 0 Å². The smallest absolute Gasteiger partial charge is 0.120 e. The lowest BCUT2D eigenvalue weighted by Crippen LogP contribution is -1.74. The maximum Gasteiger partial charge on any atom is 0.120 e. The molecule has 0 N–H and O–H groups in total. The van der Waals surface area contributed by atoms with Crippen LogP contribution in [0.15, 0.2) is 12.2 Å². The highest BCUT2D eigenvalue weighted by Crippen LogP contribution is 2.03. The minimum Gasteiger partial charge on any atom is -0.303 e. The largest absolute Gasteiger partial charge is 0.303 e. The molecule has 12 heavy (non-hydrogen) atoms. The van der Waals surface area contributed by atoms with E-state index in [2.05, 4.69) is 19.1 Å². The molecule has 0 heterocycles. The molecule has 1 heteroatoms. The molecule has 0 saturated heterocycles. The number of hydrogen-bond donors (Lipinski definition) is 0. The van der Waals surface area contributed by atoms with Crippen molar-refractivity contribution in [2.45, 2.75) is 51.9 Å². The number of hydrogen-bond acceptors (Lipinski definition) is 1. The predicted molar refractivity (Wildman–Crippen MR) is 53.2 cm³/mol. The standard InChI is InChI=1S/C11H20O/c1-2-3-4-5-6-7-8-9-10-11-12/h7-8,11H,2-6,9-10H2,1H3. The van der Waals surface area contributed by atoms with Crippen LogP contribution in [0.4, 0.5) is 0 Å². The summed E-state index contributed by atoms with van der Waals surface area (Å²) in [5.41, 5.74) is 0. The first-order valence-electron chi connectivity index (χ1n) is 5.00. The van der Waals surface area contributed by atoms with Crippen LogP contribution in [-0.2, 0) is 4.79 Å². The third kappa shape index (κ3) is 9.41. The Labute approximate surface area is 75.9 Å². The second kappa shape index (κ2) is 10.4. The van der Waals surface area contributed by atoms with Crippen molar-refractivity contribution in [3.8, 4) is 0 Å². The topological polar surface area (TPSA) is 17.1 Å². The van der Waals surface area contributed by atoms with Gasteiger partial charge in [0.15, 0.2) is 0 Å². The summed E-state index contributed by atoms with van der Waals surface area (Å²) in [5, 5.41) is 0. The van der Waals surface area contributed by atoms with Crippen LogP contribution in [0.2, 0.25) is 0 Å². The van der Waals surface area contributed by atoms with Gasteiger partial charge in [-0.2, -0.15) is 0 Å². The average Bonchev–Trinajstić information content (AvgIpc) is 2.10. The Morgan fingerprint density at radius 2 is 1.67 bits per heavy atom. The zero-order valence-corrected chi connectivity index (χ0v) is 8.09. The van der Waals surface area contributed by atoms with Gasteiger partial charge in [-0.3, -0.25) is 0 Å². The molecule has 0 aliphatic heterocycles. The fraction of sp³-hybridized carbons (Fsp3) is 0.727. The molecule has 0 unspecified atom stereocenters. The van der Waals surface area contributed by atoms with E-state index in [0.29, 0.717) is 6.42 Å². The first-order valence-corrected chi connectivity index (χ1v) is 5.00. The van der Waals surface area contributed by atoms with Gasteiger partial charge in [0.1, 0.15) is 6.29 Å². The monoisotopic (exact) mass is 168 g/mol. The molecule has 0 amide bonds. The van der Waals surface area contributed by atoms with Crippen molar-refractivity contribution in [1.82, 2.24) is 0 Å². The van der Waals surface area contributed by atoms with Crippen LogP contribution in [-0.4, -0.2) is 6.29 Å². The fourth-order valence-electron chi connectivity index (χ4n) is 1.09. The van der Waals surface area contributed by atoms with E-state index in [0.717, 1.165) is 12.7 Å². The summed E-state index contributed by atoms with van der Waals surface area (Å²) in [5.74, 6) is 0. The third-order valence-corrected chi connectivity index (χ3v) is 1.84. The van der Waals surface area contributed by atoms with Crippen molar-refractivity contribution in [2.75, 3.05) is 0 Å². The van der Waals surface area contributed by atoms with Crippen LogP contribution in [0.1, 0.15) is 51.9 Å². The minimum atomic E-state index is 0.672. The van der Waals surface area contributed by atoms with E-state index < -0.39 is 0 Å². The number of allylic oxidation sites excluding steroid dienone is 2. The first kappa shape index (κ1) is 11.4. The Morgan fingerprint density at radius 3 is 2.33 bits per heavy atom. The van der Waals surface area contributed by atoms with Crippen molar-refractivity contribution in [3.63, 3.8) is 0 Å². The molecular formula is C11H20O. The normalized spacial score (nSPS) is 10.8. The van der Waals surface area contributed by atoms with Crippen LogP contribution < -0.4 is 0 Å². The van der Waals surface area contributed by atoms with E-state index in [1.54, 1.807) is 0 Å². The quantitative estimate of drug-likeness (QED) is 0.308. The lowest BCUT2D eigenvalue weighted by molar-refractivity contribution is -0.107. The van der Waals surface area contributed by atoms with Gasteiger partial charge in [-0.05, 0) is 19.3 Å². The van der Waals surface area contributed by atoms with Gasteiger partial charge in [0, 0.05) is 6.42 Å². The van der Waals surface area contributed by atoms with Crippen LogP contribution >= 0.6 is 0 Å². The van der Waals surface area contributed by atoms with Crippen LogP contribution in [0.3, 0.4) is 0 Å². The van der Waals surface area contributed by atoms with Gasteiger partial charge < -0.3 is 4.79 Å². The third-order valence-electron chi connectivity index (χ3n) is 1.84. The Hall–Kier alpha value is -0.590. The zero-order chi connectivity index (χ0) is 9.07. The van der Waals surface area contributed by atoms with Gasteiger partial charge in [-0.15, -0.1) is 0 Å². The van der Waals surface area contributed by atoms with E-state index >= 15 is 0 Å². The highest BCUT2D eigenvalue weighted by Gasteiger charge is 1.84. The van der Waals surface area contributed by atoms with Crippen molar-refractivity contribution in [2.24, 2.45) is 0 Å². The molecular weight excluding hydrogens is 148 g/mol. The summed E-state index contributed by atoms with van der Waals surface area (Å²) in [6, 6.07) is 0. The molecule has 0 aliphatic rings. The maximum atomic E-state index is 9.95. The molecule has 70 valence electrons. The molecule has 0 aliphatic carbocycles. The maximum absolute atomic E-state index is 9.95. The highest BCUT2D eigenvalue weighted by atomic mass is 16.1. The SMILES string of the molecule is CCCCCCC=CCCC=O. The number of aldehydes is 1. The zero-order valence-electron chi connectivity index (χ0n) is 8.09. The first-order chi connectivity index (χ1) is 5.91. The molecule has 0 rings (SSSR count). The molecule has 0 aromatic carbocycles. The van der Waals surface area contributed by atoms with E-state index in [1.165, 1.54) is 32.1 Å². The number of unbranched alkanes of at least 4 members (excludes halogenated alkanes) is 5. The van der Waals surface area contributed by atoms with Gasteiger partial charge >= 0.3 is 0 Å². The van der Waals surface area contributed by atoms with Crippen LogP contribution in [0.25, 0.3) is 0 Å². The Bertz CT molecular complexity index is 116. The van der Waals surface area contributed by atoms with Crippen LogP contribution in [0.5, 0.6) is 0 Å². The summed E-state index contributed by atoms with van der Waals surface area (Å²) in [6.07, 6.45) is 13.3. The molecule has 0 fully saturated rings. The van der Waals surface area contributed by atoms with Gasteiger partial charge in [0.05, 0.1) is 0 Å². The van der Waals surface area contributed by atoms with E-state index in [4.69, 9.17) is 0 Å². The Balaban J connectivity index is 2.97.